The van der Waals surface area contributed by atoms with Crippen molar-refractivity contribution in [1.29, 1.82) is 0 Å². The predicted octanol–water partition coefficient (Wildman–Crippen LogP) is 4.58. The van der Waals surface area contributed by atoms with Crippen LogP contribution in [0, 0.1) is 6.92 Å². The maximum absolute atomic E-state index is 12.3. The molecule has 1 aromatic heterocycles. The number of hydrogen-bond donors (Lipinski definition) is 1. The van der Waals surface area contributed by atoms with Crippen LogP contribution < -0.4 is 5.32 Å². The fourth-order valence-corrected chi connectivity index (χ4v) is 3.64. The van der Waals surface area contributed by atoms with E-state index in [9.17, 15) is 4.79 Å². The molecule has 0 unspecified atom stereocenters. The number of rotatable bonds is 7. The lowest BCUT2D eigenvalue weighted by molar-refractivity contribution is -0.113. The van der Waals surface area contributed by atoms with Crippen molar-refractivity contribution in [1.82, 2.24) is 14.8 Å². The number of halogens is 1. The van der Waals surface area contributed by atoms with Crippen molar-refractivity contribution >= 4 is 35.0 Å². The van der Waals surface area contributed by atoms with Crippen LogP contribution in [0.4, 0.5) is 5.69 Å². The molecule has 7 heteroatoms. The number of anilines is 1. The van der Waals surface area contributed by atoms with Gasteiger partial charge in [-0.25, -0.2) is 0 Å². The average Bonchev–Trinajstić information content (AvgIpc) is 3.05. The summed E-state index contributed by atoms with van der Waals surface area (Å²) >= 11 is 7.41. The zero-order valence-electron chi connectivity index (χ0n) is 15.3. The lowest BCUT2D eigenvalue weighted by atomic mass is 10.1. The second-order valence-electron chi connectivity index (χ2n) is 6.11. The Morgan fingerprint density at radius 3 is 2.67 bits per heavy atom. The van der Waals surface area contributed by atoms with Crippen LogP contribution >= 0.6 is 23.4 Å². The van der Waals surface area contributed by atoms with E-state index in [0.29, 0.717) is 5.02 Å². The molecule has 0 bridgehead atoms. The van der Waals surface area contributed by atoms with Gasteiger partial charge in [0.05, 0.1) is 5.75 Å². The largest absolute Gasteiger partial charge is 0.325 e. The third-order valence-corrected chi connectivity index (χ3v) is 5.48. The molecule has 0 saturated carbocycles. The molecule has 2 aromatic carbocycles. The van der Waals surface area contributed by atoms with Gasteiger partial charge in [-0.15, -0.1) is 10.2 Å². The summed E-state index contributed by atoms with van der Waals surface area (Å²) in [5.41, 5.74) is 2.86. The molecule has 0 aliphatic heterocycles. The second-order valence-corrected chi connectivity index (χ2v) is 7.46. The lowest BCUT2D eigenvalue weighted by Gasteiger charge is -2.08. The number of amides is 1. The highest BCUT2D eigenvalue weighted by Gasteiger charge is 2.14. The van der Waals surface area contributed by atoms with Gasteiger partial charge in [-0.2, -0.15) is 0 Å². The SMILES string of the molecule is CCn1c(Cc2ccccc2)nnc1SCC(=O)Nc1ccc(Cl)c(C)c1. The third-order valence-electron chi connectivity index (χ3n) is 4.09. The Balaban J connectivity index is 1.62. The van der Waals surface area contributed by atoms with Gasteiger partial charge in [-0.05, 0) is 43.2 Å². The Hall–Kier alpha value is -2.31. The lowest BCUT2D eigenvalue weighted by Crippen LogP contribution is -2.15. The number of hydrogen-bond acceptors (Lipinski definition) is 4. The number of benzene rings is 2. The molecule has 27 heavy (non-hydrogen) atoms. The first-order valence-electron chi connectivity index (χ1n) is 8.71. The standard InChI is InChI=1S/C20H21ClN4OS/c1-3-25-18(12-15-7-5-4-6-8-15)23-24-20(25)27-13-19(26)22-16-9-10-17(21)14(2)11-16/h4-11H,3,12-13H2,1-2H3,(H,22,26). The van der Waals surface area contributed by atoms with Crippen molar-refractivity contribution < 1.29 is 4.79 Å². The van der Waals surface area contributed by atoms with Gasteiger partial charge in [-0.3, -0.25) is 4.79 Å². The Kier molecular flexibility index (Phi) is 6.53. The minimum atomic E-state index is -0.0861. The minimum Gasteiger partial charge on any atom is -0.325 e. The van der Waals surface area contributed by atoms with Crippen LogP contribution in [-0.4, -0.2) is 26.4 Å². The first-order valence-corrected chi connectivity index (χ1v) is 10.1. The van der Waals surface area contributed by atoms with Crippen molar-refractivity contribution in [2.24, 2.45) is 0 Å². The molecule has 0 atom stereocenters. The van der Waals surface area contributed by atoms with E-state index >= 15 is 0 Å². The van der Waals surface area contributed by atoms with E-state index in [1.165, 1.54) is 17.3 Å². The number of nitrogens with one attached hydrogen (secondary N) is 1. The molecule has 1 amide bonds. The number of aryl methyl sites for hydroxylation is 1. The summed E-state index contributed by atoms with van der Waals surface area (Å²) in [4.78, 5) is 12.3. The molecule has 5 nitrogen and oxygen atoms in total. The molecule has 3 rings (SSSR count). The number of aromatic nitrogens is 3. The topological polar surface area (TPSA) is 59.8 Å². The van der Waals surface area contributed by atoms with Gasteiger partial charge in [-0.1, -0.05) is 53.7 Å². The van der Waals surface area contributed by atoms with E-state index in [2.05, 4.69) is 39.1 Å². The molecule has 140 valence electrons. The molecule has 3 aromatic rings. The molecule has 0 saturated heterocycles. The van der Waals surface area contributed by atoms with Gasteiger partial charge >= 0.3 is 0 Å². The number of thioether (sulfide) groups is 1. The van der Waals surface area contributed by atoms with Crippen molar-refractivity contribution in [2.75, 3.05) is 11.1 Å². The number of carbonyl (C=O) groups is 1. The molecule has 0 fully saturated rings. The third kappa shape index (κ3) is 5.11. The molecular weight excluding hydrogens is 380 g/mol. The molecule has 0 spiro atoms. The summed E-state index contributed by atoms with van der Waals surface area (Å²) in [6.45, 7) is 4.72. The highest BCUT2D eigenvalue weighted by molar-refractivity contribution is 7.99. The molecule has 1 heterocycles. The van der Waals surface area contributed by atoms with E-state index in [-0.39, 0.29) is 11.7 Å². The van der Waals surface area contributed by atoms with Crippen molar-refractivity contribution in [3.8, 4) is 0 Å². The maximum atomic E-state index is 12.3. The fourth-order valence-electron chi connectivity index (χ4n) is 2.70. The van der Waals surface area contributed by atoms with Crippen molar-refractivity contribution in [2.45, 2.75) is 32.0 Å². The van der Waals surface area contributed by atoms with Crippen LogP contribution in [0.1, 0.15) is 23.9 Å². The Morgan fingerprint density at radius 2 is 1.96 bits per heavy atom. The predicted molar refractivity (Wildman–Crippen MR) is 110 cm³/mol. The van der Waals surface area contributed by atoms with Gasteiger partial charge in [0, 0.05) is 23.7 Å². The van der Waals surface area contributed by atoms with E-state index in [1.807, 2.05) is 31.2 Å². The summed E-state index contributed by atoms with van der Waals surface area (Å²) in [7, 11) is 0. The van der Waals surface area contributed by atoms with Crippen LogP contribution in [-0.2, 0) is 17.8 Å². The molecular formula is C20H21ClN4OS. The highest BCUT2D eigenvalue weighted by atomic mass is 35.5. The summed E-state index contributed by atoms with van der Waals surface area (Å²) < 4.78 is 2.05. The monoisotopic (exact) mass is 400 g/mol. The van der Waals surface area contributed by atoms with Gasteiger partial charge in [0.15, 0.2) is 5.16 Å². The smallest absolute Gasteiger partial charge is 0.234 e. The van der Waals surface area contributed by atoms with Crippen molar-refractivity contribution in [3.05, 3.63) is 70.5 Å². The molecule has 0 radical (unpaired) electrons. The summed E-state index contributed by atoms with van der Waals surface area (Å²) in [5, 5.41) is 12.9. The van der Waals surface area contributed by atoms with Crippen LogP contribution in [0.25, 0.3) is 0 Å². The van der Waals surface area contributed by atoms with Crippen LogP contribution in [0.15, 0.2) is 53.7 Å². The quantitative estimate of drug-likeness (QED) is 0.589. The van der Waals surface area contributed by atoms with Gasteiger partial charge < -0.3 is 9.88 Å². The van der Waals surface area contributed by atoms with E-state index in [1.54, 1.807) is 12.1 Å². The van der Waals surface area contributed by atoms with Crippen LogP contribution in [0.3, 0.4) is 0 Å². The Bertz CT molecular complexity index is 927. The zero-order chi connectivity index (χ0) is 19.2. The molecule has 0 aliphatic rings. The number of nitrogens with zero attached hydrogens (tertiary/aromatic N) is 3. The fraction of sp³-hybridized carbons (Fsp3) is 0.250. The summed E-state index contributed by atoms with van der Waals surface area (Å²) in [5.74, 6) is 1.09. The Labute approximate surface area is 168 Å². The molecule has 1 N–H and O–H groups in total. The van der Waals surface area contributed by atoms with Crippen molar-refractivity contribution in [3.63, 3.8) is 0 Å². The normalized spacial score (nSPS) is 10.8. The molecule has 0 aliphatic carbocycles. The van der Waals surface area contributed by atoms with E-state index < -0.39 is 0 Å². The Morgan fingerprint density at radius 1 is 1.19 bits per heavy atom. The van der Waals surface area contributed by atoms with E-state index in [4.69, 9.17) is 11.6 Å². The van der Waals surface area contributed by atoms with Gasteiger partial charge in [0.1, 0.15) is 5.82 Å². The average molecular weight is 401 g/mol. The summed E-state index contributed by atoms with van der Waals surface area (Å²) in [6.07, 6.45) is 0.721. The highest BCUT2D eigenvalue weighted by Crippen LogP contribution is 2.21. The first kappa shape index (κ1) is 19.5. The van der Waals surface area contributed by atoms with Gasteiger partial charge in [0.2, 0.25) is 5.91 Å². The number of carbonyl (C=O) groups excluding carboxylic acids is 1. The van der Waals surface area contributed by atoms with E-state index in [0.717, 1.165) is 35.2 Å². The minimum absolute atomic E-state index is 0.0861. The zero-order valence-corrected chi connectivity index (χ0v) is 16.8. The second kappa shape index (κ2) is 9.06. The van der Waals surface area contributed by atoms with Gasteiger partial charge in [0.25, 0.3) is 0 Å². The first-order chi connectivity index (χ1) is 13.1. The maximum Gasteiger partial charge on any atom is 0.234 e. The summed E-state index contributed by atoms with van der Waals surface area (Å²) in [6, 6.07) is 15.6. The van der Waals surface area contributed by atoms with Crippen LogP contribution in [0.2, 0.25) is 5.02 Å². The van der Waals surface area contributed by atoms with Crippen LogP contribution in [0.5, 0.6) is 0 Å².